The van der Waals surface area contributed by atoms with E-state index in [0.29, 0.717) is 5.82 Å². The van der Waals surface area contributed by atoms with Crippen LogP contribution in [0.1, 0.15) is 5.56 Å². The number of nitrogens with zero attached hydrogens (tertiary/aromatic N) is 2. The third-order valence-corrected chi connectivity index (χ3v) is 3.34. The fourth-order valence-corrected chi connectivity index (χ4v) is 2.20. The average Bonchev–Trinajstić information content (AvgIpc) is 2.57. The number of rotatable bonds is 4. The predicted molar refractivity (Wildman–Crippen MR) is 88.2 cm³/mol. The fourth-order valence-electron chi connectivity index (χ4n) is 2.20. The summed E-state index contributed by atoms with van der Waals surface area (Å²) in [4.78, 5) is 8.22. The summed E-state index contributed by atoms with van der Waals surface area (Å²) < 4.78 is 0. The Balaban J connectivity index is 1.84. The molecule has 0 fully saturated rings. The first-order valence-electron chi connectivity index (χ1n) is 6.94. The van der Waals surface area contributed by atoms with E-state index in [1.807, 2.05) is 30.7 Å². The predicted octanol–water partition coefficient (Wildman–Crippen LogP) is 4.25. The number of aromatic nitrogens is 2. The molecular formula is C19H15N2O. The Labute approximate surface area is 129 Å². The first kappa shape index (κ1) is 14.0. The van der Waals surface area contributed by atoms with E-state index in [1.165, 1.54) is 12.4 Å². The van der Waals surface area contributed by atoms with Gasteiger partial charge in [0, 0.05) is 12.0 Å². The molecule has 1 aromatic heterocycles. The number of hydrogen-bond donors (Lipinski definition) is 1. The van der Waals surface area contributed by atoms with Crippen LogP contribution in [-0.4, -0.2) is 15.1 Å². The van der Waals surface area contributed by atoms with Crippen molar-refractivity contribution in [3.8, 4) is 28.3 Å². The van der Waals surface area contributed by atoms with Gasteiger partial charge in [0.25, 0.3) is 0 Å². The topological polar surface area (TPSA) is 46.0 Å². The van der Waals surface area contributed by atoms with Crippen LogP contribution in [0, 0.1) is 6.42 Å². The molecule has 3 heteroatoms. The molecule has 1 N–H and O–H groups in total. The van der Waals surface area contributed by atoms with Gasteiger partial charge in [-0.2, -0.15) is 0 Å². The normalized spacial score (nSPS) is 10.4. The molecule has 0 bridgehead atoms. The lowest BCUT2D eigenvalue weighted by molar-refractivity contribution is 0.470. The van der Waals surface area contributed by atoms with Crippen LogP contribution in [0.3, 0.4) is 0 Å². The van der Waals surface area contributed by atoms with Gasteiger partial charge in [-0.15, -0.1) is 6.58 Å². The quantitative estimate of drug-likeness (QED) is 0.780. The summed E-state index contributed by atoms with van der Waals surface area (Å²) >= 11 is 0. The number of allylic oxidation sites excluding steroid dienone is 1. The highest BCUT2D eigenvalue weighted by Gasteiger charge is 2.03. The molecule has 0 aliphatic heterocycles. The molecule has 1 heterocycles. The molecule has 107 valence electrons. The Bertz CT molecular complexity index is 760. The molecule has 2 aromatic carbocycles. The lowest BCUT2D eigenvalue weighted by Crippen LogP contribution is -1.87. The van der Waals surface area contributed by atoms with Crippen molar-refractivity contribution < 1.29 is 5.11 Å². The van der Waals surface area contributed by atoms with Crippen molar-refractivity contribution in [1.29, 1.82) is 0 Å². The maximum atomic E-state index is 9.22. The summed E-state index contributed by atoms with van der Waals surface area (Å²) in [5, 5.41) is 9.22. The van der Waals surface area contributed by atoms with E-state index in [9.17, 15) is 5.11 Å². The lowest BCUT2D eigenvalue weighted by Gasteiger charge is -2.05. The third kappa shape index (κ3) is 3.04. The second-order valence-electron chi connectivity index (χ2n) is 4.87. The van der Waals surface area contributed by atoms with Gasteiger partial charge in [0.15, 0.2) is 11.6 Å². The monoisotopic (exact) mass is 287 g/mol. The van der Waals surface area contributed by atoms with Crippen LogP contribution in [-0.2, 0) is 0 Å². The highest BCUT2D eigenvalue weighted by Crippen LogP contribution is 2.24. The smallest absolute Gasteiger partial charge is 0.159 e. The standard InChI is InChI=1S/C19H15N2O/c1-2-3-14-4-6-15(7-5-14)16-8-10-17(11-9-16)19-20-12-18(22)13-21-19/h2-13,22H,1H2. The third-order valence-electron chi connectivity index (χ3n) is 3.34. The van der Waals surface area contributed by atoms with Crippen LogP contribution < -0.4 is 0 Å². The molecule has 0 unspecified atom stereocenters. The SMILES string of the molecule is C=C[CH]c1ccc(-c2ccc(-c3ncc(O)cn3)cc2)cc1. The summed E-state index contributed by atoms with van der Waals surface area (Å²) in [6, 6.07) is 16.3. The minimum Gasteiger partial charge on any atom is -0.505 e. The van der Waals surface area contributed by atoms with Gasteiger partial charge >= 0.3 is 0 Å². The van der Waals surface area contributed by atoms with Gasteiger partial charge in [-0.3, -0.25) is 0 Å². The molecule has 0 amide bonds. The van der Waals surface area contributed by atoms with E-state index < -0.39 is 0 Å². The van der Waals surface area contributed by atoms with Crippen LogP contribution in [0.4, 0.5) is 0 Å². The van der Waals surface area contributed by atoms with Gasteiger partial charge < -0.3 is 5.11 Å². The maximum Gasteiger partial charge on any atom is 0.159 e. The summed E-state index contributed by atoms with van der Waals surface area (Å²) in [5.74, 6) is 0.664. The molecule has 0 spiro atoms. The zero-order chi connectivity index (χ0) is 15.4. The number of hydrogen-bond acceptors (Lipinski definition) is 3. The largest absolute Gasteiger partial charge is 0.505 e. The van der Waals surface area contributed by atoms with Crippen molar-refractivity contribution in [3.05, 3.63) is 85.6 Å². The van der Waals surface area contributed by atoms with Gasteiger partial charge in [-0.25, -0.2) is 9.97 Å². The van der Waals surface area contributed by atoms with Crippen LogP contribution >= 0.6 is 0 Å². The van der Waals surface area contributed by atoms with E-state index in [2.05, 4.69) is 40.8 Å². The minimum atomic E-state index is 0.0665. The average molecular weight is 287 g/mol. The van der Waals surface area contributed by atoms with Gasteiger partial charge in [-0.05, 0) is 16.7 Å². The maximum absolute atomic E-state index is 9.22. The van der Waals surface area contributed by atoms with Crippen molar-refractivity contribution >= 4 is 0 Å². The molecular weight excluding hydrogens is 272 g/mol. The zero-order valence-electron chi connectivity index (χ0n) is 12.0. The summed E-state index contributed by atoms with van der Waals surface area (Å²) in [6.45, 7) is 3.70. The zero-order valence-corrected chi connectivity index (χ0v) is 12.0. The molecule has 3 nitrogen and oxygen atoms in total. The Kier molecular flexibility index (Phi) is 3.97. The van der Waals surface area contributed by atoms with Crippen LogP contribution in [0.5, 0.6) is 5.75 Å². The van der Waals surface area contributed by atoms with Crippen molar-refractivity contribution in [2.24, 2.45) is 0 Å². The fraction of sp³-hybridized carbons (Fsp3) is 0. The molecule has 3 rings (SSSR count). The second-order valence-corrected chi connectivity index (χ2v) is 4.87. The van der Waals surface area contributed by atoms with Crippen LogP contribution in [0.15, 0.2) is 73.6 Å². The van der Waals surface area contributed by atoms with E-state index in [4.69, 9.17) is 0 Å². The molecule has 0 saturated heterocycles. The minimum absolute atomic E-state index is 0.0665. The molecule has 1 radical (unpaired) electrons. The molecule has 0 atom stereocenters. The van der Waals surface area contributed by atoms with Crippen molar-refractivity contribution in [2.75, 3.05) is 0 Å². The Morgan fingerprint density at radius 2 is 1.27 bits per heavy atom. The molecule has 22 heavy (non-hydrogen) atoms. The first-order chi connectivity index (χ1) is 10.8. The molecule has 0 saturated carbocycles. The molecule has 3 aromatic rings. The van der Waals surface area contributed by atoms with Crippen LogP contribution in [0.25, 0.3) is 22.5 Å². The Hall–Kier alpha value is -2.94. The van der Waals surface area contributed by atoms with Gasteiger partial charge in [0.05, 0.1) is 12.4 Å². The van der Waals surface area contributed by atoms with E-state index in [-0.39, 0.29) is 5.75 Å². The number of aromatic hydroxyl groups is 1. The Morgan fingerprint density at radius 3 is 1.82 bits per heavy atom. The second kappa shape index (κ2) is 6.22. The van der Waals surface area contributed by atoms with E-state index in [0.717, 1.165) is 22.3 Å². The highest BCUT2D eigenvalue weighted by atomic mass is 16.3. The van der Waals surface area contributed by atoms with Gasteiger partial charge in [0.2, 0.25) is 0 Å². The van der Waals surface area contributed by atoms with Crippen LogP contribution in [0.2, 0.25) is 0 Å². The summed E-state index contributed by atoms with van der Waals surface area (Å²) in [5.41, 5.74) is 4.33. The highest BCUT2D eigenvalue weighted by molar-refractivity contribution is 5.68. The molecule has 0 aliphatic rings. The number of benzene rings is 2. The Morgan fingerprint density at radius 1 is 0.773 bits per heavy atom. The summed E-state index contributed by atoms with van der Waals surface area (Å²) in [6.07, 6.45) is 6.53. The van der Waals surface area contributed by atoms with Gasteiger partial charge in [0.1, 0.15) is 0 Å². The molecule has 0 aliphatic carbocycles. The van der Waals surface area contributed by atoms with E-state index in [1.54, 1.807) is 6.08 Å². The van der Waals surface area contributed by atoms with Crippen molar-refractivity contribution in [3.63, 3.8) is 0 Å². The lowest BCUT2D eigenvalue weighted by atomic mass is 10.0. The van der Waals surface area contributed by atoms with Crippen molar-refractivity contribution in [2.45, 2.75) is 0 Å². The summed E-state index contributed by atoms with van der Waals surface area (Å²) in [7, 11) is 0. The van der Waals surface area contributed by atoms with E-state index >= 15 is 0 Å². The van der Waals surface area contributed by atoms with Gasteiger partial charge in [-0.1, -0.05) is 54.6 Å². The van der Waals surface area contributed by atoms with Crippen molar-refractivity contribution in [1.82, 2.24) is 9.97 Å². The first-order valence-corrected chi connectivity index (χ1v) is 6.94.